The Kier molecular flexibility index (Phi) is 3.21. The van der Waals surface area contributed by atoms with Crippen LogP contribution in [0.25, 0.3) is 0 Å². The molecule has 108 valence electrons. The Morgan fingerprint density at radius 3 is 2.62 bits per heavy atom. The van der Waals surface area contributed by atoms with Crippen LogP contribution in [0.3, 0.4) is 0 Å². The Morgan fingerprint density at radius 2 is 2.05 bits per heavy atom. The van der Waals surface area contributed by atoms with Crippen LogP contribution in [0.4, 0.5) is 11.4 Å². The van der Waals surface area contributed by atoms with Crippen LogP contribution >= 0.6 is 0 Å². The number of carbonyl (C=O) groups is 1. The van der Waals surface area contributed by atoms with Gasteiger partial charge in [0.25, 0.3) is 5.69 Å². The highest BCUT2D eigenvalue weighted by atomic mass is 16.6. The third-order valence-corrected chi connectivity index (χ3v) is 3.79. The van der Waals surface area contributed by atoms with Gasteiger partial charge >= 0.3 is 0 Å². The summed E-state index contributed by atoms with van der Waals surface area (Å²) in [6.07, 6.45) is 2.39. The van der Waals surface area contributed by atoms with Gasteiger partial charge in [-0.25, -0.2) is 0 Å². The van der Waals surface area contributed by atoms with Crippen molar-refractivity contribution in [3.8, 4) is 0 Å². The van der Waals surface area contributed by atoms with Gasteiger partial charge in [-0.1, -0.05) is 0 Å². The van der Waals surface area contributed by atoms with Crippen LogP contribution in [0.5, 0.6) is 0 Å². The van der Waals surface area contributed by atoms with Crippen molar-refractivity contribution < 1.29 is 14.1 Å². The molecule has 1 aromatic heterocycles. The Labute approximate surface area is 121 Å². The highest BCUT2D eigenvalue weighted by Crippen LogP contribution is 2.48. The maximum absolute atomic E-state index is 12.4. The number of carbonyl (C=O) groups excluding carboxylic acids is 1. The van der Waals surface area contributed by atoms with Gasteiger partial charge in [0.05, 0.1) is 11.2 Å². The monoisotopic (exact) mass is 286 g/mol. The molecule has 6 nitrogen and oxygen atoms in total. The molecule has 0 spiro atoms. The molecule has 2 atom stereocenters. The number of benzene rings is 1. The Hall–Kier alpha value is -2.63. The maximum atomic E-state index is 12.4. The van der Waals surface area contributed by atoms with Crippen LogP contribution < -0.4 is 4.90 Å². The molecule has 0 saturated heterocycles. The quantitative estimate of drug-likeness (QED) is 0.639. The van der Waals surface area contributed by atoms with E-state index in [0.29, 0.717) is 5.69 Å². The van der Waals surface area contributed by atoms with E-state index in [4.69, 9.17) is 4.42 Å². The van der Waals surface area contributed by atoms with Crippen molar-refractivity contribution >= 4 is 17.3 Å². The van der Waals surface area contributed by atoms with Crippen LogP contribution in [0.15, 0.2) is 47.1 Å². The normalized spacial score (nSPS) is 20.0. The number of rotatable bonds is 4. The predicted molar refractivity (Wildman–Crippen MR) is 76.1 cm³/mol. The molecule has 6 heteroatoms. The average molecular weight is 286 g/mol. The van der Waals surface area contributed by atoms with Crippen molar-refractivity contribution in [3.05, 3.63) is 58.5 Å². The first kappa shape index (κ1) is 13.4. The lowest BCUT2D eigenvalue weighted by Gasteiger charge is -2.17. The number of nitro groups is 1. The summed E-state index contributed by atoms with van der Waals surface area (Å²) in [5.74, 6) is 0.917. The molecular formula is C15H14N2O4. The predicted octanol–water partition coefficient (Wildman–Crippen LogP) is 2.95. The number of furan rings is 1. The van der Waals surface area contributed by atoms with Gasteiger partial charge in [0.2, 0.25) is 5.91 Å². The van der Waals surface area contributed by atoms with E-state index in [-0.39, 0.29) is 23.4 Å². The largest absolute Gasteiger partial charge is 0.469 e. The maximum Gasteiger partial charge on any atom is 0.269 e. The summed E-state index contributed by atoms with van der Waals surface area (Å²) in [6.45, 7) is 0. The number of hydrogen-bond acceptors (Lipinski definition) is 4. The van der Waals surface area contributed by atoms with Gasteiger partial charge in [0.15, 0.2) is 0 Å². The molecule has 1 aromatic carbocycles. The first-order valence-electron chi connectivity index (χ1n) is 6.63. The summed E-state index contributed by atoms with van der Waals surface area (Å²) in [5.41, 5.74) is 0.662. The molecular weight excluding hydrogens is 272 g/mol. The minimum atomic E-state index is -0.459. The molecule has 1 fully saturated rings. The van der Waals surface area contributed by atoms with Crippen molar-refractivity contribution in [1.29, 1.82) is 0 Å². The summed E-state index contributed by atoms with van der Waals surface area (Å²) < 4.78 is 5.32. The fourth-order valence-electron chi connectivity index (χ4n) is 2.46. The van der Waals surface area contributed by atoms with Crippen molar-refractivity contribution in [1.82, 2.24) is 0 Å². The second-order valence-corrected chi connectivity index (χ2v) is 5.13. The van der Waals surface area contributed by atoms with Gasteiger partial charge in [-0.3, -0.25) is 14.9 Å². The van der Waals surface area contributed by atoms with Gasteiger partial charge in [-0.2, -0.15) is 0 Å². The minimum Gasteiger partial charge on any atom is -0.469 e. The summed E-state index contributed by atoms with van der Waals surface area (Å²) >= 11 is 0. The van der Waals surface area contributed by atoms with Crippen molar-refractivity contribution in [3.63, 3.8) is 0 Å². The number of nitro benzene ring substituents is 1. The van der Waals surface area contributed by atoms with Crippen LogP contribution in [-0.4, -0.2) is 17.9 Å². The van der Waals surface area contributed by atoms with Gasteiger partial charge in [-0.05, 0) is 30.7 Å². The fraction of sp³-hybridized carbons (Fsp3) is 0.267. The molecule has 2 aromatic rings. The van der Waals surface area contributed by atoms with E-state index >= 15 is 0 Å². The van der Waals surface area contributed by atoms with E-state index in [1.165, 1.54) is 17.0 Å². The van der Waals surface area contributed by atoms with E-state index in [1.807, 2.05) is 12.1 Å². The Morgan fingerprint density at radius 1 is 1.33 bits per heavy atom. The average Bonchev–Trinajstić information content (AvgIpc) is 3.11. The van der Waals surface area contributed by atoms with Crippen LogP contribution in [0.1, 0.15) is 18.1 Å². The standard InChI is InChI=1S/C15H14N2O4/c1-16(10-4-6-11(7-5-10)17(19)20)15(18)13-9-12(13)14-3-2-8-21-14/h2-8,12-13H,9H2,1H3. The number of anilines is 1. The van der Waals surface area contributed by atoms with E-state index < -0.39 is 4.92 Å². The molecule has 1 saturated carbocycles. The third kappa shape index (κ3) is 2.52. The highest BCUT2D eigenvalue weighted by Gasteiger charge is 2.47. The van der Waals surface area contributed by atoms with Gasteiger partial charge in [0, 0.05) is 36.7 Å². The lowest BCUT2D eigenvalue weighted by Crippen LogP contribution is -2.28. The van der Waals surface area contributed by atoms with E-state index in [2.05, 4.69) is 0 Å². The summed E-state index contributed by atoms with van der Waals surface area (Å²) in [7, 11) is 1.68. The second-order valence-electron chi connectivity index (χ2n) is 5.13. The number of hydrogen-bond donors (Lipinski definition) is 0. The number of nitrogens with zero attached hydrogens (tertiary/aromatic N) is 2. The van der Waals surface area contributed by atoms with Crippen LogP contribution in [0.2, 0.25) is 0 Å². The van der Waals surface area contributed by atoms with E-state index in [9.17, 15) is 14.9 Å². The summed E-state index contributed by atoms with van der Waals surface area (Å²) in [4.78, 5) is 24.1. The molecule has 1 aliphatic carbocycles. The van der Waals surface area contributed by atoms with Crippen molar-refractivity contribution in [2.45, 2.75) is 12.3 Å². The topological polar surface area (TPSA) is 76.6 Å². The molecule has 0 aliphatic heterocycles. The molecule has 0 radical (unpaired) electrons. The highest BCUT2D eigenvalue weighted by molar-refractivity contribution is 5.97. The summed E-state index contributed by atoms with van der Waals surface area (Å²) in [6, 6.07) is 9.66. The molecule has 0 N–H and O–H groups in total. The lowest BCUT2D eigenvalue weighted by molar-refractivity contribution is -0.384. The fourth-order valence-corrected chi connectivity index (χ4v) is 2.46. The minimum absolute atomic E-state index is 0.00486. The number of amides is 1. The van der Waals surface area contributed by atoms with Gasteiger partial charge in [0.1, 0.15) is 5.76 Å². The number of non-ortho nitro benzene ring substituents is 1. The van der Waals surface area contributed by atoms with Crippen molar-refractivity contribution in [2.24, 2.45) is 5.92 Å². The molecule has 21 heavy (non-hydrogen) atoms. The van der Waals surface area contributed by atoms with Gasteiger partial charge < -0.3 is 9.32 Å². The lowest BCUT2D eigenvalue weighted by atomic mass is 10.2. The molecule has 1 heterocycles. The molecule has 0 bridgehead atoms. The first-order chi connectivity index (χ1) is 10.1. The Balaban J connectivity index is 1.69. The smallest absolute Gasteiger partial charge is 0.269 e. The third-order valence-electron chi connectivity index (χ3n) is 3.79. The SMILES string of the molecule is CN(C(=O)C1CC1c1ccco1)c1ccc([N+](=O)[O-])cc1. The van der Waals surface area contributed by atoms with E-state index in [0.717, 1.165) is 12.2 Å². The molecule has 1 aliphatic rings. The molecule has 3 rings (SSSR count). The Bertz CT molecular complexity index is 663. The van der Waals surface area contributed by atoms with Crippen molar-refractivity contribution in [2.75, 3.05) is 11.9 Å². The second kappa shape index (κ2) is 5.05. The summed E-state index contributed by atoms with van der Waals surface area (Å²) in [5, 5.41) is 10.6. The zero-order valence-corrected chi connectivity index (χ0v) is 11.4. The van der Waals surface area contributed by atoms with Gasteiger partial charge in [-0.15, -0.1) is 0 Å². The van der Waals surface area contributed by atoms with E-state index in [1.54, 1.807) is 25.4 Å². The zero-order chi connectivity index (χ0) is 15.0. The van der Waals surface area contributed by atoms with Crippen LogP contribution in [0, 0.1) is 16.0 Å². The van der Waals surface area contributed by atoms with Crippen LogP contribution in [-0.2, 0) is 4.79 Å². The molecule has 1 amide bonds. The first-order valence-corrected chi connectivity index (χ1v) is 6.63. The zero-order valence-electron chi connectivity index (χ0n) is 11.4. The molecule has 2 unspecified atom stereocenters.